The molecule has 2 aromatic rings. The first-order chi connectivity index (χ1) is 8.56. The van der Waals surface area contributed by atoms with Crippen LogP contribution in [0.1, 0.15) is 15.9 Å². The molecule has 0 aliphatic carbocycles. The number of pyridine rings is 1. The quantitative estimate of drug-likeness (QED) is 0.847. The van der Waals surface area contributed by atoms with Gasteiger partial charge in [-0.3, -0.25) is 4.79 Å². The Morgan fingerprint density at radius 3 is 2.39 bits per heavy atom. The molecule has 0 spiro atoms. The summed E-state index contributed by atoms with van der Waals surface area (Å²) in [6.07, 6.45) is 0. The summed E-state index contributed by atoms with van der Waals surface area (Å²) in [5.74, 6) is -0.268. The van der Waals surface area contributed by atoms with Gasteiger partial charge in [0.1, 0.15) is 10.3 Å². The molecule has 1 heterocycles. The minimum absolute atomic E-state index is 0.192. The molecule has 0 unspecified atom stereocenters. The predicted octanol–water partition coefficient (Wildman–Crippen LogP) is 3.95. The van der Waals surface area contributed by atoms with E-state index in [0.717, 1.165) is 11.3 Å². The number of para-hydroxylation sites is 1. The molecular weight excluding hydrogens is 271 g/mol. The minimum atomic E-state index is -0.268. The SMILES string of the molecule is Cc1ccccc1NC(=O)c1cc(Cl)nc(Cl)c1. The summed E-state index contributed by atoms with van der Waals surface area (Å²) < 4.78 is 0. The highest BCUT2D eigenvalue weighted by atomic mass is 35.5. The summed E-state index contributed by atoms with van der Waals surface area (Å²) in [6.45, 7) is 1.92. The van der Waals surface area contributed by atoms with Crippen LogP contribution in [0.3, 0.4) is 0 Å². The number of aryl methyl sites for hydroxylation is 1. The van der Waals surface area contributed by atoms with E-state index in [2.05, 4.69) is 10.3 Å². The van der Waals surface area contributed by atoms with Gasteiger partial charge in [0.05, 0.1) is 0 Å². The van der Waals surface area contributed by atoms with Gasteiger partial charge in [0.15, 0.2) is 0 Å². The van der Waals surface area contributed by atoms with Crippen molar-refractivity contribution in [2.24, 2.45) is 0 Å². The van der Waals surface area contributed by atoms with E-state index in [1.807, 2.05) is 31.2 Å². The molecule has 0 saturated carbocycles. The van der Waals surface area contributed by atoms with Crippen LogP contribution in [-0.2, 0) is 0 Å². The highest BCUT2D eigenvalue weighted by Crippen LogP contribution is 2.18. The van der Waals surface area contributed by atoms with Crippen LogP contribution in [-0.4, -0.2) is 10.9 Å². The lowest BCUT2D eigenvalue weighted by Gasteiger charge is -2.08. The van der Waals surface area contributed by atoms with Crippen LogP contribution in [0.25, 0.3) is 0 Å². The predicted molar refractivity (Wildman–Crippen MR) is 73.4 cm³/mol. The van der Waals surface area contributed by atoms with Gasteiger partial charge in [0.25, 0.3) is 5.91 Å². The number of hydrogen-bond donors (Lipinski definition) is 1. The molecule has 2 rings (SSSR count). The molecule has 1 aromatic heterocycles. The van der Waals surface area contributed by atoms with Crippen molar-refractivity contribution in [3.8, 4) is 0 Å². The maximum absolute atomic E-state index is 12.0. The summed E-state index contributed by atoms with van der Waals surface area (Å²) in [5, 5.41) is 3.18. The minimum Gasteiger partial charge on any atom is -0.322 e. The third-order valence-corrected chi connectivity index (χ3v) is 2.81. The number of carbonyl (C=O) groups is 1. The maximum atomic E-state index is 12.0. The first-order valence-electron chi connectivity index (χ1n) is 5.26. The molecule has 0 aliphatic heterocycles. The lowest BCUT2D eigenvalue weighted by Crippen LogP contribution is -2.13. The fourth-order valence-electron chi connectivity index (χ4n) is 1.50. The highest BCUT2D eigenvalue weighted by molar-refractivity contribution is 6.33. The molecule has 1 aromatic carbocycles. The summed E-state index contributed by atoms with van der Waals surface area (Å²) in [6, 6.07) is 10.5. The molecule has 92 valence electrons. The standard InChI is InChI=1S/C13H10Cl2N2O/c1-8-4-2-3-5-10(8)16-13(18)9-6-11(14)17-12(15)7-9/h2-7H,1H3,(H,16,18). The average molecular weight is 281 g/mol. The first-order valence-corrected chi connectivity index (χ1v) is 6.02. The summed E-state index contributed by atoms with van der Waals surface area (Å²) in [4.78, 5) is 15.8. The maximum Gasteiger partial charge on any atom is 0.255 e. The van der Waals surface area contributed by atoms with Gasteiger partial charge in [-0.15, -0.1) is 0 Å². The largest absolute Gasteiger partial charge is 0.322 e. The molecule has 1 N–H and O–H groups in total. The number of aromatic nitrogens is 1. The van der Waals surface area contributed by atoms with Crippen molar-refractivity contribution in [2.45, 2.75) is 6.92 Å². The Kier molecular flexibility index (Phi) is 3.84. The van der Waals surface area contributed by atoms with Gasteiger partial charge in [0, 0.05) is 11.3 Å². The van der Waals surface area contributed by atoms with E-state index in [0.29, 0.717) is 5.56 Å². The molecule has 0 atom stereocenters. The fourth-order valence-corrected chi connectivity index (χ4v) is 1.96. The zero-order valence-corrected chi connectivity index (χ0v) is 11.1. The number of halogens is 2. The molecule has 1 amide bonds. The second-order valence-corrected chi connectivity index (χ2v) is 4.54. The fraction of sp³-hybridized carbons (Fsp3) is 0.0769. The van der Waals surface area contributed by atoms with Gasteiger partial charge in [-0.05, 0) is 30.7 Å². The van der Waals surface area contributed by atoms with Crippen LogP contribution in [0, 0.1) is 6.92 Å². The van der Waals surface area contributed by atoms with Gasteiger partial charge in [-0.25, -0.2) is 4.98 Å². The molecule has 0 bridgehead atoms. The summed E-state index contributed by atoms with van der Waals surface area (Å²) >= 11 is 11.5. The Hall–Kier alpha value is -1.58. The number of benzene rings is 1. The van der Waals surface area contributed by atoms with E-state index in [1.165, 1.54) is 12.1 Å². The van der Waals surface area contributed by atoms with Gasteiger partial charge in [0.2, 0.25) is 0 Å². The third-order valence-electron chi connectivity index (χ3n) is 2.42. The molecule has 5 heteroatoms. The highest BCUT2D eigenvalue weighted by Gasteiger charge is 2.09. The van der Waals surface area contributed by atoms with E-state index < -0.39 is 0 Å². The van der Waals surface area contributed by atoms with E-state index >= 15 is 0 Å². The third kappa shape index (κ3) is 3.00. The van der Waals surface area contributed by atoms with Crippen molar-refractivity contribution < 1.29 is 4.79 Å². The van der Waals surface area contributed by atoms with Gasteiger partial charge in [-0.1, -0.05) is 41.4 Å². The molecule has 18 heavy (non-hydrogen) atoms. The number of nitrogens with zero attached hydrogens (tertiary/aromatic N) is 1. The number of amides is 1. The van der Waals surface area contributed by atoms with Crippen molar-refractivity contribution in [3.05, 3.63) is 57.8 Å². The average Bonchev–Trinajstić information content (AvgIpc) is 2.31. The van der Waals surface area contributed by atoms with Crippen molar-refractivity contribution >= 4 is 34.8 Å². The Balaban J connectivity index is 2.25. The van der Waals surface area contributed by atoms with Crippen molar-refractivity contribution in [2.75, 3.05) is 5.32 Å². The number of hydrogen-bond acceptors (Lipinski definition) is 2. The monoisotopic (exact) mass is 280 g/mol. The number of carbonyl (C=O) groups excluding carboxylic acids is 1. The van der Waals surface area contributed by atoms with E-state index in [1.54, 1.807) is 0 Å². The Bertz CT molecular complexity index is 579. The molecule has 3 nitrogen and oxygen atoms in total. The zero-order chi connectivity index (χ0) is 13.1. The number of anilines is 1. The van der Waals surface area contributed by atoms with Gasteiger partial charge >= 0.3 is 0 Å². The zero-order valence-electron chi connectivity index (χ0n) is 9.58. The second-order valence-electron chi connectivity index (χ2n) is 3.77. The van der Waals surface area contributed by atoms with E-state index in [9.17, 15) is 4.79 Å². The molecule has 0 fully saturated rings. The Morgan fingerprint density at radius 1 is 1.17 bits per heavy atom. The topological polar surface area (TPSA) is 42.0 Å². The van der Waals surface area contributed by atoms with Crippen LogP contribution in [0.4, 0.5) is 5.69 Å². The molecular formula is C13H10Cl2N2O. The lowest BCUT2D eigenvalue weighted by atomic mass is 10.2. The van der Waals surface area contributed by atoms with Gasteiger partial charge < -0.3 is 5.32 Å². The first kappa shape index (κ1) is 12.9. The molecule has 0 aliphatic rings. The Morgan fingerprint density at radius 2 is 1.78 bits per heavy atom. The summed E-state index contributed by atoms with van der Waals surface area (Å²) in [7, 11) is 0. The summed E-state index contributed by atoms with van der Waals surface area (Å²) in [5.41, 5.74) is 2.12. The van der Waals surface area contributed by atoms with E-state index in [4.69, 9.17) is 23.2 Å². The van der Waals surface area contributed by atoms with Crippen molar-refractivity contribution in [1.82, 2.24) is 4.98 Å². The Labute approximate surface area is 115 Å². The number of rotatable bonds is 2. The van der Waals surface area contributed by atoms with Crippen LogP contribution >= 0.6 is 23.2 Å². The van der Waals surface area contributed by atoms with Crippen molar-refractivity contribution in [3.63, 3.8) is 0 Å². The number of nitrogens with one attached hydrogen (secondary N) is 1. The normalized spacial score (nSPS) is 10.2. The smallest absolute Gasteiger partial charge is 0.255 e. The van der Waals surface area contributed by atoms with Crippen LogP contribution in [0.15, 0.2) is 36.4 Å². The van der Waals surface area contributed by atoms with E-state index in [-0.39, 0.29) is 16.2 Å². The molecule has 0 radical (unpaired) electrons. The van der Waals surface area contributed by atoms with Crippen LogP contribution < -0.4 is 5.32 Å². The van der Waals surface area contributed by atoms with Crippen LogP contribution in [0.5, 0.6) is 0 Å². The lowest BCUT2D eigenvalue weighted by molar-refractivity contribution is 0.102. The molecule has 0 saturated heterocycles. The van der Waals surface area contributed by atoms with Crippen LogP contribution in [0.2, 0.25) is 10.3 Å². The second kappa shape index (κ2) is 5.38. The van der Waals surface area contributed by atoms with Gasteiger partial charge in [-0.2, -0.15) is 0 Å². The van der Waals surface area contributed by atoms with Crippen molar-refractivity contribution in [1.29, 1.82) is 0 Å².